The Balaban J connectivity index is 2.12. The van der Waals surface area contributed by atoms with Crippen LogP contribution in [0.5, 0.6) is 0 Å². The maximum Gasteiger partial charge on any atom is 0.242 e. The number of ether oxygens (including phenoxy) is 1. The lowest BCUT2D eigenvalue weighted by Gasteiger charge is -2.35. The standard InChI is InChI=1S/C14H21N3O2/c1-11-10-19-8-7-17(11)9-13(14(18)16-15)12-5-3-2-4-6-12/h2-6,11,13H,7-10,15H2,1H3,(H,16,18). The van der Waals surface area contributed by atoms with Crippen molar-refractivity contribution in [1.82, 2.24) is 10.3 Å². The summed E-state index contributed by atoms with van der Waals surface area (Å²) >= 11 is 0. The van der Waals surface area contributed by atoms with Crippen molar-refractivity contribution in [2.45, 2.75) is 18.9 Å². The van der Waals surface area contributed by atoms with E-state index >= 15 is 0 Å². The second-order valence-corrected chi connectivity index (χ2v) is 4.89. The van der Waals surface area contributed by atoms with Crippen LogP contribution in [0.25, 0.3) is 0 Å². The molecule has 3 N–H and O–H groups in total. The number of morpholine rings is 1. The topological polar surface area (TPSA) is 67.6 Å². The van der Waals surface area contributed by atoms with E-state index < -0.39 is 0 Å². The monoisotopic (exact) mass is 263 g/mol. The Morgan fingerprint density at radius 1 is 1.53 bits per heavy atom. The largest absolute Gasteiger partial charge is 0.379 e. The third-order valence-corrected chi connectivity index (χ3v) is 3.58. The summed E-state index contributed by atoms with van der Waals surface area (Å²) in [5.41, 5.74) is 3.26. The SMILES string of the molecule is CC1COCCN1CC(C(=O)NN)c1ccccc1. The van der Waals surface area contributed by atoms with E-state index in [2.05, 4.69) is 17.2 Å². The zero-order chi connectivity index (χ0) is 13.7. The molecule has 104 valence electrons. The second kappa shape index (κ2) is 6.65. The minimum absolute atomic E-state index is 0.148. The summed E-state index contributed by atoms with van der Waals surface area (Å²) in [7, 11) is 0. The lowest BCUT2D eigenvalue weighted by Crippen LogP contribution is -2.48. The van der Waals surface area contributed by atoms with Crippen molar-refractivity contribution < 1.29 is 9.53 Å². The van der Waals surface area contributed by atoms with Gasteiger partial charge in [-0.05, 0) is 12.5 Å². The molecule has 1 amide bonds. The highest BCUT2D eigenvalue weighted by Crippen LogP contribution is 2.19. The molecule has 5 nitrogen and oxygen atoms in total. The van der Waals surface area contributed by atoms with Crippen LogP contribution in [0.15, 0.2) is 30.3 Å². The van der Waals surface area contributed by atoms with E-state index in [1.165, 1.54) is 0 Å². The highest BCUT2D eigenvalue weighted by Gasteiger charge is 2.27. The van der Waals surface area contributed by atoms with Gasteiger partial charge < -0.3 is 4.74 Å². The molecule has 0 spiro atoms. The fourth-order valence-corrected chi connectivity index (χ4v) is 2.39. The number of benzene rings is 1. The molecule has 1 fully saturated rings. The molecule has 19 heavy (non-hydrogen) atoms. The van der Waals surface area contributed by atoms with Gasteiger partial charge in [0.05, 0.1) is 19.1 Å². The van der Waals surface area contributed by atoms with Gasteiger partial charge in [0, 0.05) is 19.1 Å². The van der Waals surface area contributed by atoms with Gasteiger partial charge in [-0.15, -0.1) is 0 Å². The maximum absolute atomic E-state index is 12.0. The van der Waals surface area contributed by atoms with Gasteiger partial charge in [0.1, 0.15) is 0 Å². The number of hydrogen-bond acceptors (Lipinski definition) is 4. The van der Waals surface area contributed by atoms with E-state index in [1.54, 1.807) is 0 Å². The van der Waals surface area contributed by atoms with Crippen LogP contribution in [-0.2, 0) is 9.53 Å². The maximum atomic E-state index is 12.0. The predicted octanol–water partition coefficient (Wildman–Crippen LogP) is 0.481. The van der Waals surface area contributed by atoms with E-state index in [-0.39, 0.29) is 11.8 Å². The first-order valence-electron chi connectivity index (χ1n) is 6.59. The number of nitrogens with two attached hydrogens (primary N) is 1. The number of nitrogens with one attached hydrogen (secondary N) is 1. The van der Waals surface area contributed by atoms with E-state index in [9.17, 15) is 4.79 Å². The fraction of sp³-hybridized carbons (Fsp3) is 0.500. The molecule has 0 aliphatic carbocycles. The number of hydrogen-bond donors (Lipinski definition) is 2. The molecule has 0 bridgehead atoms. The third kappa shape index (κ3) is 3.53. The van der Waals surface area contributed by atoms with E-state index in [0.29, 0.717) is 19.2 Å². The molecule has 1 saturated heterocycles. The van der Waals surface area contributed by atoms with Crippen molar-refractivity contribution in [2.24, 2.45) is 5.84 Å². The summed E-state index contributed by atoms with van der Waals surface area (Å²) in [5, 5.41) is 0. The molecular weight excluding hydrogens is 242 g/mol. The molecule has 0 aromatic heterocycles. The zero-order valence-corrected chi connectivity index (χ0v) is 11.2. The van der Waals surface area contributed by atoms with Crippen LogP contribution in [0, 0.1) is 0 Å². The van der Waals surface area contributed by atoms with Gasteiger partial charge in [-0.2, -0.15) is 0 Å². The number of carbonyl (C=O) groups is 1. The summed E-state index contributed by atoms with van der Waals surface area (Å²) in [6.07, 6.45) is 0. The molecule has 0 saturated carbocycles. The molecule has 1 aromatic rings. The summed E-state index contributed by atoms with van der Waals surface area (Å²) in [6.45, 7) is 5.06. The van der Waals surface area contributed by atoms with Gasteiger partial charge in [0.25, 0.3) is 0 Å². The normalized spacial score (nSPS) is 21.9. The number of carbonyl (C=O) groups excluding carboxylic acids is 1. The summed E-state index contributed by atoms with van der Waals surface area (Å²) in [5.74, 6) is 4.92. The molecule has 2 rings (SSSR count). The van der Waals surface area contributed by atoms with Crippen LogP contribution in [0.4, 0.5) is 0 Å². The zero-order valence-electron chi connectivity index (χ0n) is 11.2. The van der Waals surface area contributed by atoms with Gasteiger partial charge in [-0.1, -0.05) is 30.3 Å². The van der Waals surface area contributed by atoms with Gasteiger partial charge in [0.2, 0.25) is 5.91 Å². The smallest absolute Gasteiger partial charge is 0.242 e. The molecule has 2 atom stereocenters. The summed E-state index contributed by atoms with van der Waals surface area (Å²) < 4.78 is 5.42. The Morgan fingerprint density at radius 3 is 2.89 bits per heavy atom. The molecule has 1 aliphatic rings. The van der Waals surface area contributed by atoms with Crippen LogP contribution >= 0.6 is 0 Å². The Labute approximate surface area is 113 Å². The van der Waals surface area contributed by atoms with E-state index in [4.69, 9.17) is 10.6 Å². The molecule has 2 unspecified atom stereocenters. The van der Waals surface area contributed by atoms with Crippen molar-refractivity contribution in [3.63, 3.8) is 0 Å². The van der Waals surface area contributed by atoms with Crippen molar-refractivity contribution >= 4 is 5.91 Å². The van der Waals surface area contributed by atoms with Gasteiger partial charge >= 0.3 is 0 Å². The number of rotatable bonds is 4. The predicted molar refractivity (Wildman–Crippen MR) is 73.4 cm³/mol. The average Bonchev–Trinajstić information content (AvgIpc) is 2.46. The minimum Gasteiger partial charge on any atom is -0.379 e. The average molecular weight is 263 g/mol. The van der Waals surface area contributed by atoms with E-state index in [1.807, 2.05) is 30.3 Å². The Kier molecular flexibility index (Phi) is 4.90. The van der Waals surface area contributed by atoms with Crippen molar-refractivity contribution in [2.75, 3.05) is 26.3 Å². The van der Waals surface area contributed by atoms with Crippen molar-refractivity contribution in [1.29, 1.82) is 0 Å². The molecule has 0 radical (unpaired) electrons. The molecular formula is C14H21N3O2. The van der Waals surface area contributed by atoms with Crippen molar-refractivity contribution in [3.8, 4) is 0 Å². The molecule has 1 aromatic carbocycles. The molecule has 1 aliphatic heterocycles. The highest BCUT2D eigenvalue weighted by molar-refractivity contribution is 5.83. The lowest BCUT2D eigenvalue weighted by atomic mass is 9.97. The highest BCUT2D eigenvalue weighted by atomic mass is 16.5. The lowest BCUT2D eigenvalue weighted by molar-refractivity contribution is -0.123. The van der Waals surface area contributed by atoms with Gasteiger partial charge in [-0.3, -0.25) is 15.1 Å². The Bertz CT molecular complexity index is 410. The number of nitrogens with zero attached hydrogens (tertiary/aromatic N) is 1. The number of amides is 1. The number of hydrazine groups is 1. The molecule has 1 heterocycles. The van der Waals surface area contributed by atoms with Crippen LogP contribution in [0.2, 0.25) is 0 Å². The summed E-state index contributed by atoms with van der Waals surface area (Å²) in [4.78, 5) is 14.3. The fourth-order valence-electron chi connectivity index (χ4n) is 2.39. The second-order valence-electron chi connectivity index (χ2n) is 4.89. The third-order valence-electron chi connectivity index (χ3n) is 3.58. The molecule has 5 heteroatoms. The minimum atomic E-state index is -0.244. The van der Waals surface area contributed by atoms with Crippen LogP contribution in [-0.4, -0.2) is 43.2 Å². The van der Waals surface area contributed by atoms with Crippen LogP contribution in [0.3, 0.4) is 0 Å². The first kappa shape index (κ1) is 14.0. The summed E-state index contributed by atoms with van der Waals surface area (Å²) in [6, 6.07) is 10.1. The first-order valence-corrected chi connectivity index (χ1v) is 6.59. The van der Waals surface area contributed by atoms with Gasteiger partial charge in [-0.25, -0.2) is 5.84 Å². The van der Waals surface area contributed by atoms with Crippen molar-refractivity contribution in [3.05, 3.63) is 35.9 Å². The van der Waals surface area contributed by atoms with E-state index in [0.717, 1.165) is 18.7 Å². The van der Waals surface area contributed by atoms with Gasteiger partial charge in [0.15, 0.2) is 0 Å². The van der Waals surface area contributed by atoms with Crippen LogP contribution < -0.4 is 11.3 Å². The Hall–Kier alpha value is -1.43. The van der Waals surface area contributed by atoms with Crippen LogP contribution in [0.1, 0.15) is 18.4 Å². The first-order chi connectivity index (χ1) is 9.22. The quantitative estimate of drug-likeness (QED) is 0.471. The Morgan fingerprint density at radius 2 is 2.26 bits per heavy atom.